The number of aromatic nitrogens is 3. The van der Waals surface area contributed by atoms with Crippen LogP contribution in [0.5, 0.6) is 5.75 Å². The maximum Gasteiger partial charge on any atom is 0.251 e. The topological polar surface area (TPSA) is 98.1 Å². The average Bonchev–Trinajstić information content (AvgIpc) is 3.32. The predicted octanol–water partition coefficient (Wildman–Crippen LogP) is 5.71. The number of amides is 2. The third kappa shape index (κ3) is 7.02. The van der Waals surface area contributed by atoms with Gasteiger partial charge in [0.1, 0.15) is 5.75 Å². The summed E-state index contributed by atoms with van der Waals surface area (Å²) in [6.07, 6.45) is 0. The molecule has 8 nitrogen and oxygen atoms in total. The summed E-state index contributed by atoms with van der Waals surface area (Å²) in [4.78, 5) is 25.4. The lowest BCUT2D eigenvalue weighted by Gasteiger charge is -2.12. The van der Waals surface area contributed by atoms with E-state index >= 15 is 0 Å². The van der Waals surface area contributed by atoms with E-state index in [0.717, 1.165) is 27.0 Å². The summed E-state index contributed by atoms with van der Waals surface area (Å²) < 4.78 is 8.22. The maximum absolute atomic E-state index is 12.8. The minimum Gasteiger partial charge on any atom is -0.494 e. The fourth-order valence-corrected chi connectivity index (χ4v) is 4.67. The minimum absolute atomic E-state index is 0.136. The van der Waals surface area contributed by atoms with Gasteiger partial charge in [0.2, 0.25) is 5.91 Å². The second-order valence-corrected chi connectivity index (χ2v) is 10.3. The molecule has 4 rings (SSSR count). The average molecular weight is 595 g/mol. The lowest BCUT2D eigenvalue weighted by Crippen LogP contribution is -2.24. The largest absolute Gasteiger partial charge is 0.494 e. The quantitative estimate of drug-likeness (QED) is 0.229. The summed E-state index contributed by atoms with van der Waals surface area (Å²) in [5.41, 5.74) is 4.28. The Hall–Kier alpha value is -3.63. The van der Waals surface area contributed by atoms with E-state index in [1.54, 1.807) is 18.2 Å². The van der Waals surface area contributed by atoms with Gasteiger partial charge in [0.25, 0.3) is 5.91 Å². The van der Waals surface area contributed by atoms with E-state index < -0.39 is 0 Å². The molecule has 0 radical (unpaired) electrons. The Morgan fingerprint density at radius 3 is 2.39 bits per heavy atom. The van der Waals surface area contributed by atoms with Crippen molar-refractivity contribution in [3.05, 3.63) is 93.7 Å². The van der Waals surface area contributed by atoms with Crippen LogP contribution < -0.4 is 15.4 Å². The molecule has 1 aromatic heterocycles. The highest BCUT2D eigenvalue weighted by Gasteiger charge is 2.17. The standard InChI is InChI=1S/C28H28BrN5O3S/c1-4-37-24-13-9-22(10-14-24)31-26(35)17-38-28-33-32-25(34(28)23-11-7-21(29)8-12-23)16-30-27(36)20-6-5-18(2)19(3)15-20/h5-15H,4,16-17H2,1-3H3,(H,30,36)(H,31,35). The molecular weight excluding hydrogens is 566 g/mol. The predicted molar refractivity (Wildman–Crippen MR) is 153 cm³/mol. The first-order valence-corrected chi connectivity index (χ1v) is 13.8. The maximum atomic E-state index is 12.8. The van der Waals surface area contributed by atoms with E-state index in [-0.39, 0.29) is 24.1 Å². The Morgan fingerprint density at radius 1 is 0.974 bits per heavy atom. The zero-order chi connectivity index (χ0) is 27.1. The summed E-state index contributed by atoms with van der Waals surface area (Å²) in [5.74, 6) is 1.08. The smallest absolute Gasteiger partial charge is 0.251 e. The highest BCUT2D eigenvalue weighted by atomic mass is 79.9. The van der Waals surface area contributed by atoms with Crippen LogP contribution in [0.3, 0.4) is 0 Å². The third-order valence-electron chi connectivity index (χ3n) is 5.74. The molecule has 0 atom stereocenters. The van der Waals surface area contributed by atoms with Crippen molar-refractivity contribution in [2.75, 3.05) is 17.7 Å². The third-order valence-corrected chi connectivity index (χ3v) is 7.20. The second-order valence-electron chi connectivity index (χ2n) is 8.49. The Kier molecular flexibility index (Phi) is 9.19. The lowest BCUT2D eigenvalue weighted by molar-refractivity contribution is -0.113. The van der Waals surface area contributed by atoms with E-state index in [1.807, 2.05) is 73.9 Å². The van der Waals surface area contributed by atoms with Crippen molar-refractivity contribution in [1.82, 2.24) is 20.1 Å². The zero-order valence-corrected chi connectivity index (χ0v) is 23.7. The van der Waals surface area contributed by atoms with Gasteiger partial charge >= 0.3 is 0 Å². The highest BCUT2D eigenvalue weighted by Crippen LogP contribution is 2.24. The number of benzene rings is 3. The number of rotatable bonds is 10. The van der Waals surface area contributed by atoms with Gasteiger partial charge in [-0.05, 0) is 92.6 Å². The van der Waals surface area contributed by atoms with Crippen LogP contribution in [0.4, 0.5) is 5.69 Å². The molecule has 0 bridgehead atoms. The summed E-state index contributed by atoms with van der Waals surface area (Å²) in [6.45, 7) is 6.66. The fraction of sp³-hybridized carbons (Fsp3) is 0.214. The number of aryl methyl sites for hydroxylation is 2. The molecule has 0 spiro atoms. The molecule has 2 N–H and O–H groups in total. The first-order valence-electron chi connectivity index (χ1n) is 12.0. The van der Waals surface area contributed by atoms with Crippen molar-refractivity contribution in [3.8, 4) is 11.4 Å². The van der Waals surface area contributed by atoms with Crippen LogP contribution in [-0.2, 0) is 11.3 Å². The van der Waals surface area contributed by atoms with Crippen molar-refractivity contribution in [2.24, 2.45) is 0 Å². The van der Waals surface area contributed by atoms with E-state index in [0.29, 0.717) is 28.8 Å². The van der Waals surface area contributed by atoms with Crippen LogP contribution in [0.2, 0.25) is 0 Å². The SMILES string of the molecule is CCOc1ccc(NC(=O)CSc2nnc(CNC(=O)c3ccc(C)c(C)c3)n2-c2ccc(Br)cc2)cc1. The molecule has 0 aliphatic carbocycles. The van der Waals surface area contributed by atoms with E-state index in [9.17, 15) is 9.59 Å². The van der Waals surface area contributed by atoms with Crippen molar-refractivity contribution >= 4 is 45.2 Å². The Balaban J connectivity index is 1.47. The molecule has 0 fully saturated rings. The molecule has 10 heteroatoms. The van der Waals surface area contributed by atoms with E-state index in [2.05, 4.69) is 36.8 Å². The fourth-order valence-electron chi connectivity index (χ4n) is 3.63. The number of nitrogens with zero attached hydrogens (tertiary/aromatic N) is 3. The molecule has 38 heavy (non-hydrogen) atoms. The van der Waals surface area contributed by atoms with Gasteiger partial charge in [-0.2, -0.15) is 0 Å². The van der Waals surface area contributed by atoms with Crippen LogP contribution in [0, 0.1) is 13.8 Å². The molecule has 0 aliphatic heterocycles. The number of hydrogen-bond acceptors (Lipinski definition) is 6. The van der Waals surface area contributed by atoms with E-state index in [4.69, 9.17) is 4.74 Å². The Morgan fingerprint density at radius 2 is 1.71 bits per heavy atom. The second kappa shape index (κ2) is 12.7. The number of thioether (sulfide) groups is 1. The van der Waals surface area contributed by atoms with Crippen molar-refractivity contribution in [1.29, 1.82) is 0 Å². The lowest BCUT2D eigenvalue weighted by atomic mass is 10.1. The Labute approximate surface area is 234 Å². The van der Waals surface area contributed by atoms with Gasteiger partial charge < -0.3 is 15.4 Å². The van der Waals surface area contributed by atoms with Crippen LogP contribution in [0.25, 0.3) is 5.69 Å². The number of carbonyl (C=O) groups is 2. The summed E-state index contributed by atoms with van der Waals surface area (Å²) in [5, 5.41) is 15.0. The van der Waals surface area contributed by atoms with Gasteiger partial charge in [0.05, 0.1) is 18.9 Å². The molecule has 0 unspecified atom stereocenters. The summed E-state index contributed by atoms with van der Waals surface area (Å²) in [7, 11) is 0. The van der Waals surface area contributed by atoms with Crippen LogP contribution in [-0.4, -0.2) is 38.9 Å². The molecule has 0 saturated carbocycles. The molecule has 2 amide bonds. The molecule has 196 valence electrons. The number of nitrogens with one attached hydrogen (secondary N) is 2. The first-order chi connectivity index (χ1) is 18.3. The summed E-state index contributed by atoms with van der Waals surface area (Å²) >= 11 is 4.73. The first kappa shape index (κ1) is 27.4. The van der Waals surface area contributed by atoms with Gasteiger partial charge in [-0.15, -0.1) is 10.2 Å². The number of ether oxygens (including phenoxy) is 1. The molecule has 0 aliphatic rings. The molecule has 1 heterocycles. The van der Waals surface area contributed by atoms with Gasteiger partial charge in [-0.1, -0.05) is 33.8 Å². The van der Waals surface area contributed by atoms with Gasteiger partial charge in [-0.3, -0.25) is 14.2 Å². The monoisotopic (exact) mass is 593 g/mol. The number of carbonyl (C=O) groups excluding carboxylic acids is 2. The summed E-state index contributed by atoms with van der Waals surface area (Å²) in [6, 6.07) is 20.5. The normalized spacial score (nSPS) is 10.7. The van der Waals surface area contributed by atoms with Crippen molar-refractivity contribution in [2.45, 2.75) is 32.5 Å². The molecule has 0 saturated heterocycles. The van der Waals surface area contributed by atoms with Crippen LogP contribution in [0.15, 0.2) is 76.4 Å². The number of anilines is 1. The number of halogens is 1. The van der Waals surface area contributed by atoms with Crippen LogP contribution >= 0.6 is 27.7 Å². The van der Waals surface area contributed by atoms with Crippen molar-refractivity contribution in [3.63, 3.8) is 0 Å². The minimum atomic E-state index is -0.192. The van der Waals surface area contributed by atoms with Gasteiger partial charge in [0, 0.05) is 21.4 Å². The zero-order valence-electron chi connectivity index (χ0n) is 21.3. The molecule has 4 aromatic rings. The highest BCUT2D eigenvalue weighted by molar-refractivity contribution is 9.10. The molecular formula is C28H28BrN5O3S. The van der Waals surface area contributed by atoms with Crippen LogP contribution in [0.1, 0.15) is 34.2 Å². The Bertz CT molecular complexity index is 1420. The van der Waals surface area contributed by atoms with Gasteiger partial charge in [0.15, 0.2) is 11.0 Å². The molecule has 3 aromatic carbocycles. The van der Waals surface area contributed by atoms with Crippen molar-refractivity contribution < 1.29 is 14.3 Å². The number of hydrogen-bond donors (Lipinski definition) is 2. The van der Waals surface area contributed by atoms with Gasteiger partial charge in [-0.25, -0.2) is 0 Å². The van der Waals surface area contributed by atoms with E-state index in [1.165, 1.54) is 11.8 Å².